The number of hydrogen-bond acceptors (Lipinski definition) is 4. The molecule has 4 rings (SSSR count). The van der Waals surface area contributed by atoms with Gasteiger partial charge in [-0.25, -0.2) is 4.39 Å². The van der Waals surface area contributed by atoms with E-state index in [2.05, 4.69) is 4.98 Å². The zero-order valence-electron chi connectivity index (χ0n) is 18.9. The predicted octanol–water partition coefficient (Wildman–Crippen LogP) is 5.18. The van der Waals surface area contributed by atoms with E-state index >= 15 is 0 Å². The molecule has 36 heavy (non-hydrogen) atoms. The van der Waals surface area contributed by atoms with Crippen LogP contribution in [0.4, 0.5) is 30.7 Å². The summed E-state index contributed by atoms with van der Waals surface area (Å²) >= 11 is 0. The number of rotatable bonds is 4. The summed E-state index contributed by atoms with van der Waals surface area (Å²) in [6, 6.07) is 3.58. The lowest BCUT2D eigenvalue weighted by atomic mass is 9.76. The number of benzene rings is 1. The molecule has 13 heteroatoms. The van der Waals surface area contributed by atoms with Crippen LogP contribution in [-0.4, -0.2) is 28.4 Å². The molecular weight excluding hydrogens is 501 g/mol. The van der Waals surface area contributed by atoms with Crippen LogP contribution >= 0.6 is 0 Å². The number of aromatic nitrogens is 2. The van der Waals surface area contributed by atoms with E-state index in [1.54, 1.807) is 0 Å². The minimum atomic E-state index is -4.91. The zero-order chi connectivity index (χ0) is 26.7. The Balaban J connectivity index is 1.97. The number of alkyl halides is 5. The molecular formula is C23H19F7N2O4. The van der Waals surface area contributed by atoms with Crippen LogP contribution in [0.2, 0.25) is 0 Å². The molecule has 1 aromatic carbocycles. The van der Waals surface area contributed by atoms with E-state index in [-0.39, 0.29) is 21.3 Å². The van der Waals surface area contributed by atoms with Crippen molar-refractivity contribution in [3.8, 4) is 5.75 Å². The van der Waals surface area contributed by atoms with E-state index < -0.39 is 70.0 Å². The van der Waals surface area contributed by atoms with Crippen molar-refractivity contribution in [1.82, 2.24) is 9.55 Å². The first-order valence-electron chi connectivity index (χ1n) is 10.6. The largest absolute Gasteiger partial charge is 0.493 e. The number of H-pyrrole nitrogens is 1. The van der Waals surface area contributed by atoms with Gasteiger partial charge in [0.2, 0.25) is 5.82 Å². The Labute approximate surface area is 198 Å². The van der Waals surface area contributed by atoms with Gasteiger partial charge in [0.15, 0.2) is 22.6 Å². The quantitative estimate of drug-likeness (QED) is 0.481. The lowest BCUT2D eigenvalue weighted by molar-refractivity contribution is -0.275. The number of hydrogen-bond donors (Lipinski definition) is 1. The highest BCUT2D eigenvalue weighted by Crippen LogP contribution is 2.59. The number of methoxy groups -OCH3 is 1. The summed E-state index contributed by atoms with van der Waals surface area (Å²) in [5, 5.41) is -0.631. The van der Waals surface area contributed by atoms with E-state index in [1.807, 2.05) is 0 Å². The minimum Gasteiger partial charge on any atom is -0.493 e. The second-order valence-electron chi connectivity index (χ2n) is 8.62. The second-order valence-corrected chi connectivity index (χ2v) is 8.62. The molecule has 0 unspecified atom stereocenters. The Morgan fingerprint density at radius 1 is 1.17 bits per heavy atom. The van der Waals surface area contributed by atoms with Crippen LogP contribution in [0.25, 0.3) is 10.9 Å². The predicted molar refractivity (Wildman–Crippen MR) is 113 cm³/mol. The van der Waals surface area contributed by atoms with Gasteiger partial charge in [-0.2, -0.15) is 26.3 Å². The molecule has 194 valence electrons. The van der Waals surface area contributed by atoms with Crippen LogP contribution in [0.3, 0.4) is 0 Å². The standard InChI is InChI=1S/C23H19F7N2O4/c1-9-15(10-4-5-11(24)17(25)18(10)35-3)19(36-22(9,2)23(28,29)30)13-8-14(33)16-12(31-13)6-7-32(20(16)34)21(26)27/h4-9,15,19,21H,1-3H3,(H,31,33)/t9-,15-,19-,22+/m0/s1. The van der Waals surface area contributed by atoms with Crippen molar-refractivity contribution >= 4 is 10.9 Å². The average Bonchev–Trinajstić information content (AvgIpc) is 3.07. The maximum atomic E-state index is 14.5. The van der Waals surface area contributed by atoms with Crippen molar-refractivity contribution in [2.45, 2.75) is 44.2 Å². The van der Waals surface area contributed by atoms with Crippen LogP contribution in [0, 0.1) is 17.6 Å². The maximum Gasteiger partial charge on any atom is 0.417 e. The molecule has 1 aliphatic rings. The molecule has 0 radical (unpaired) electrons. The number of pyridine rings is 2. The van der Waals surface area contributed by atoms with E-state index in [9.17, 15) is 40.3 Å². The number of halogens is 7. The van der Waals surface area contributed by atoms with Crippen LogP contribution in [0.15, 0.2) is 40.1 Å². The van der Waals surface area contributed by atoms with Gasteiger partial charge in [0, 0.05) is 35.4 Å². The first-order valence-corrected chi connectivity index (χ1v) is 10.6. The highest BCUT2D eigenvalue weighted by molar-refractivity contribution is 5.77. The van der Waals surface area contributed by atoms with E-state index in [1.165, 1.54) is 6.92 Å². The lowest BCUT2D eigenvalue weighted by Crippen LogP contribution is -2.46. The van der Waals surface area contributed by atoms with E-state index in [0.717, 1.165) is 44.5 Å². The van der Waals surface area contributed by atoms with Gasteiger partial charge < -0.3 is 14.5 Å². The number of ether oxygens (including phenoxy) is 2. The van der Waals surface area contributed by atoms with Gasteiger partial charge >= 0.3 is 12.7 Å². The van der Waals surface area contributed by atoms with Crippen LogP contribution in [0.5, 0.6) is 5.75 Å². The summed E-state index contributed by atoms with van der Waals surface area (Å²) in [5.74, 6) is -6.04. The summed E-state index contributed by atoms with van der Waals surface area (Å²) in [6.07, 6.45) is -5.75. The monoisotopic (exact) mass is 520 g/mol. The zero-order valence-corrected chi connectivity index (χ0v) is 18.9. The van der Waals surface area contributed by atoms with Crippen LogP contribution in [-0.2, 0) is 4.74 Å². The van der Waals surface area contributed by atoms with Crippen molar-refractivity contribution in [2.24, 2.45) is 5.92 Å². The molecule has 3 aromatic rings. The molecule has 1 saturated heterocycles. The fourth-order valence-electron chi connectivity index (χ4n) is 4.68. The van der Waals surface area contributed by atoms with Gasteiger partial charge in [-0.1, -0.05) is 13.0 Å². The fraction of sp³-hybridized carbons (Fsp3) is 0.391. The lowest BCUT2D eigenvalue weighted by Gasteiger charge is -2.32. The van der Waals surface area contributed by atoms with Gasteiger partial charge in [-0.15, -0.1) is 0 Å². The topological polar surface area (TPSA) is 73.3 Å². The molecule has 0 aliphatic carbocycles. The van der Waals surface area contributed by atoms with Gasteiger partial charge in [-0.3, -0.25) is 14.2 Å². The first-order chi connectivity index (χ1) is 16.7. The highest BCUT2D eigenvalue weighted by Gasteiger charge is 2.65. The molecule has 1 aliphatic heterocycles. The van der Waals surface area contributed by atoms with E-state index in [4.69, 9.17) is 9.47 Å². The summed E-state index contributed by atoms with van der Waals surface area (Å²) in [5.41, 5.74) is -5.70. The highest BCUT2D eigenvalue weighted by atomic mass is 19.4. The van der Waals surface area contributed by atoms with Crippen LogP contribution in [0.1, 0.15) is 43.7 Å². The minimum absolute atomic E-state index is 0.0288. The number of nitrogens with one attached hydrogen (secondary N) is 1. The smallest absolute Gasteiger partial charge is 0.417 e. The molecule has 1 fully saturated rings. The Morgan fingerprint density at radius 2 is 1.83 bits per heavy atom. The molecule has 3 heterocycles. The van der Waals surface area contributed by atoms with Crippen molar-refractivity contribution in [3.63, 3.8) is 0 Å². The van der Waals surface area contributed by atoms with Gasteiger partial charge in [0.05, 0.1) is 12.6 Å². The average molecular weight is 520 g/mol. The number of nitrogens with zero attached hydrogens (tertiary/aromatic N) is 1. The third kappa shape index (κ3) is 3.76. The van der Waals surface area contributed by atoms with Gasteiger partial charge in [0.1, 0.15) is 11.5 Å². The Hall–Kier alpha value is -3.35. The summed E-state index contributed by atoms with van der Waals surface area (Å²) in [6.45, 7) is -1.23. The third-order valence-electron chi connectivity index (χ3n) is 6.76. The molecule has 6 nitrogen and oxygen atoms in total. The van der Waals surface area contributed by atoms with Gasteiger partial charge in [-0.05, 0) is 19.1 Å². The Morgan fingerprint density at radius 3 is 2.42 bits per heavy atom. The molecule has 1 N–H and O–H groups in total. The Kier molecular flexibility index (Phi) is 6.18. The number of aromatic amines is 1. The molecule has 0 saturated carbocycles. The van der Waals surface area contributed by atoms with Gasteiger partial charge in [0.25, 0.3) is 5.56 Å². The SMILES string of the molecule is COc1c([C@H]2[C@H](c3cc(=O)c4c(=O)n(C(F)F)ccc4[nH]3)O[C@@](C)(C(F)(F)F)[C@H]2C)ccc(F)c1F. The molecule has 0 bridgehead atoms. The second kappa shape index (κ2) is 8.64. The van der Waals surface area contributed by atoms with Crippen molar-refractivity contribution in [1.29, 1.82) is 0 Å². The van der Waals surface area contributed by atoms with Crippen molar-refractivity contribution in [3.05, 3.63) is 73.9 Å². The molecule has 4 atom stereocenters. The number of fused-ring (bicyclic) bond motifs is 1. The summed E-state index contributed by atoms with van der Waals surface area (Å²) in [4.78, 5) is 27.7. The van der Waals surface area contributed by atoms with Crippen LogP contribution < -0.4 is 15.7 Å². The normalized spacial score (nSPS) is 24.6. The third-order valence-corrected chi connectivity index (χ3v) is 6.76. The molecule has 0 amide bonds. The molecule has 2 aromatic heterocycles. The first kappa shape index (κ1) is 25.7. The summed E-state index contributed by atoms with van der Waals surface area (Å²) in [7, 11) is 1.02. The van der Waals surface area contributed by atoms with Crippen molar-refractivity contribution in [2.75, 3.05) is 7.11 Å². The van der Waals surface area contributed by atoms with Crippen molar-refractivity contribution < 1.29 is 40.2 Å². The fourth-order valence-corrected chi connectivity index (χ4v) is 4.68. The maximum absolute atomic E-state index is 14.5. The summed E-state index contributed by atoms with van der Waals surface area (Å²) < 4.78 is 107. The Bertz CT molecular complexity index is 1450. The van der Waals surface area contributed by atoms with E-state index in [0.29, 0.717) is 0 Å². The molecule has 0 spiro atoms.